The first-order valence-corrected chi connectivity index (χ1v) is 7.64. The summed E-state index contributed by atoms with van der Waals surface area (Å²) in [6.07, 6.45) is 1.68. The number of ether oxygens (including phenoxy) is 2. The summed E-state index contributed by atoms with van der Waals surface area (Å²) in [4.78, 5) is 12.2. The second-order valence-corrected chi connectivity index (χ2v) is 5.81. The van der Waals surface area contributed by atoms with Gasteiger partial charge in [-0.3, -0.25) is 4.79 Å². The molecule has 1 amide bonds. The van der Waals surface area contributed by atoms with Crippen LogP contribution in [-0.4, -0.2) is 30.8 Å². The van der Waals surface area contributed by atoms with Crippen molar-refractivity contribution < 1.29 is 14.3 Å². The summed E-state index contributed by atoms with van der Waals surface area (Å²) >= 11 is 0. The Labute approximate surface area is 126 Å². The highest BCUT2D eigenvalue weighted by Gasteiger charge is 2.26. The first-order chi connectivity index (χ1) is 9.99. The van der Waals surface area contributed by atoms with Crippen LogP contribution in [-0.2, 0) is 9.53 Å². The van der Waals surface area contributed by atoms with Crippen molar-refractivity contribution in [3.8, 4) is 5.75 Å². The average Bonchev–Trinajstić information content (AvgIpc) is 2.98. The second-order valence-electron chi connectivity index (χ2n) is 5.81. The predicted molar refractivity (Wildman–Crippen MR) is 82.6 cm³/mol. The lowest BCUT2D eigenvalue weighted by molar-refractivity contribution is -0.128. The maximum absolute atomic E-state index is 12.2. The van der Waals surface area contributed by atoms with Gasteiger partial charge in [-0.15, -0.1) is 0 Å². The van der Waals surface area contributed by atoms with Gasteiger partial charge in [0.25, 0.3) is 5.91 Å². The van der Waals surface area contributed by atoms with E-state index < -0.39 is 6.10 Å². The van der Waals surface area contributed by atoms with E-state index in [9.17, 15) is 4.79 Å². The van der Waals surface area contributed by atoms with E-state index in [0.29, 0.717) is 0 Å². The van der Waals surface area contributed by atoms with Gasteiger partial charge in [-0.2, -0.15) is 0 Å². The Balaban J connectivity index is 1.91. The molecule has 1 heterocycles. The van der Waals surface area contributed by atoms with Crippen LogP contribution in [0.15, 0.2) is 18.2 Å². The number of aryl methyl sites for hydroxylation is 1. The molecule has 0 unspecified atom stereocenters. The maximum Gasteiger partial charge on any atom is 0.261 e. The summed E-state index contributed by atoms with van der Waals surface area (Å²) in [5, 5.41) is 2.99. The number of carbonyl (C=O) groups excluding carboxylic acids is 1. The van der Waals surface area contributed by atoms with Crippen LogP contribution >= 0.6 is 0 Å². The lowest BCUT2D eigenvalue weighted by Crippen LogP contribution is -2.46. The summed E-state index contributed by atoms with van der Waals surface area (Å²) < 4.78 is 11.4. The molecule has 1 saturated heterocycles. The second kappa shape index (κ2) is 6.94. The van der Waals surface area contributed by atoms with Gasteiger partial charge < -0.3 is 14.8 Å². The molecule has 0 spiro atoms. The molecule has 4 nitrogen and oxygen atoms in total. The molecular formula is C17H25NO3. The molecule has 1 aromatic rings. The zero-order valence-electron chi connectivity index (χ0n) is 13.3. The van der Waals surface area contributed by atoms with Crippen molar-refractivity contribution >= 4 is 5.91 Å². The molecular weight excluding hydrogens is 266 g/mol. The van der Waals surface area contributed by atoms with Crippen molar-refractivity contribution in [2.24, 2.45) is 0 Å². The third-order valence-electron chi connectivity index (χ3n) is 4.12. The fraction of sp³-hybridized carbons (Fsp3) is 0.588. The molecule has 0 aromatic heterocycles. The van der Waals surface area contributed by atoms with Gasteiger partial charge in [-0.05, 0) is 57.7 Å². The van der Waals surface area contributed by atoms with Crippen LogP contribution in [0.1, 0.15) is 37.8 Å². The number of carbonyl (C=O) groups is 1. The van der Waals surface area contributed by atoms with Gasteiger partial charge >= 0.3 is 0 Å². The number of amides is 1. The third kappa shape index (κ3) is 3.97. The van der Waals surface area contributed by atoms with Crippen molar-refractivity contribution in [2.75, 3.05) is 6.61 Å². The van der Waals surface area contributed by atoms with E-state index in [1.165, 1.54) is 0 Å². The first-order valence-electron chi connectivity index (χ1n) is 7.64. The Hall–Kier alpha value is -1.55. The van der Waals surface area contributed by atoms with Gasteiger partial charge in [0.1, 0.15) is 5.75 Å². The highest BCUT2D eigenvalue weighted by atomic mass is 16.5. The lowest BCUT2D eigenvalue weighted by atomic mass is 10.1. The van der Waals surface area contributed by atoms with Gasteiger partial charge in [0, 0.05) is 6.61 Å². The highest BCUT2D eigenvalue weighted by molar-refractivity contribution is 5.81. The van der Waals surface area contributed by atoms with E-state index in [1.807, 2.05) is 39.0 Å². The molecule has 0 radical (unpaired) electrons. The van der Waals surface area contributed by atoms with Crippen LogP contribution in [0.3, 0.4) is 0 Å². The van der Waals surface area contributed by atoms with E-state index in [1.54, 1.807) is 6.92 Å². The molecule has 2 rings (SSSR count). The van der Waals surface area contributed by atoms with Crippen LogP contribution < -0.4 is 10.1 Å². The molecule has 0 aliphatic carbocycles. The van der Waals surface area contributed by atoms with E-state index in [4.69, 9.17) is 9.47 Å². The average molecular weight is 291 g/mol. The van der Waals surface area contributed by atoms with Crippen LogP contribution in [0.4, 0.5) is 0 Å². The van der Waals surface area contributed by atoms with Crippen LogP contribution in [0.25, 0.3) is 0 Å². The number of hydrogen-bond acceptors (Lipinski definition) is 3. The van der Waals surface area contributed by atoms with E-state index in [0.717, 1.165) is 36.3 Å². The molecule has 1 aliphatic heterocycles. The zero-order valence-corrected chi connectivity index (χ0v) is 13.3. The summed E-state index contributed by atoms with van der Waals surface area (Å²) in [5.74, 6) is 0.668. The Kier molecular flexibility index (Phi) is 5.23. The van der Waals surface area contributed by atoms with Crippen LogP contribution in [0, 0.1) is 13.8 Å². The number of benzene rings is 1. The van der Waals surface area contributed by atoms with Crippen molar-refractivity contribution in [1.29, 1.82) is 0 Å². The Bertz CT molecular complexity index is 495. The molecule has 4 heteroatoms. The van der Waals surface area contributed by atoms with Crippen LogP contribution in [0.5, 0.6) is 5.75 Å². The van der Waals surface area contributed by atoms with Gasteiger partial charge in [-0.25, -0.2) is 0 Å². The van der Waals surface area contributed by atoms with Gasteiger partial charge in [-0.1, -0.05) is 12.1 Å². The topological polar surface area (TPSA) is 47.6 Å². The molecule has 3 atom stereocenters. The lowest BCUT2D eigenvalue weighted by Gasteiger charge is -2.23. The van der Waals surface area contributed by atoms with Crippen molar-refractivity contribution in [2.45, 2.75) is 58.8 Å². The molecule has 1 aromatic carbocycles. The van der Waals surface area contributed by atoms with E-state index in [2.05, 4.69) is 5.32 Å². The largest absolute Gasteiger partial charge is 0.481 e. The van der Waals surface area contributed by atoms with Crippen molar-refractivity contribution in [1.82, 2.24) is 5.32 Å². The monoisotopic (exact) mass is 291 g/mol. The van der Waals surface area contributed by atoms with Gasteiger partial charge in [0.05, 0.1) is 12.1 Å². The highest BCUT2D eigenvalue weighted by Crippen LogP contribution is 2.22. The Morgan fingerprint density at radius 1 is 1.38 bits per heavy atom. The van der Waals surface area contributed by atoms with E-state index >= 15 is 0 Å². The normalized spacial score (nSPS) is 20.9. The Morgan fingerprint density at radius 3 is 2.81 bits per heavy atom. The molecule has 116 valence electrons. The fourth-order valence-corrected chi connectivity index (χ4v) is 2.53. The molecule has 1 aliphatic rings. The van der Waals surface area contributed by atoms with Crippen LogP contribution in [0.2, 0.25) is 0 Å². The number of nitrogens with one attached hydrogen (secondary N) is 1. The predicted octanol–water partition coefficient (Wildman–Crippen LogP) is 2.75. The molecule has 21 heavy (non-hydrogen) atoms. The SMILES string of the molecule is Cc1cccc(O[C@@H](C)C(=O)N[C@H](C)[C@@H]2CCCO2)c1C. The summed E-state index contributed by atoms with van der Waals surface area (Å²) in [5.41, 5.74) is 2.23. The minimum Gasteiger partial charge on any atom is -0.481 e. The van der Waals surface area contributed by atoms with Crippen molar-refractivity contribution in [3.63, 3.8) is 0 Å². The zero-order chi connectivity index (χ0) is 15.4. The molecule has 0 saturated carbocycles. The summed E-state index contributed by atoms with van der Waals surface area (Å²) in [6, 6.07) is 5.89. The minimum absolute atomic E-state index is 0.0182. The summed E-state index contributed by atoms with van der Waals surface area (Å²) in [7, 11) is 0. The molecule has 1 N–H and O–H groups in total. The first kappa shape index (κ1) is 15.8. The smallest absolute Gasteiger partial charge is 0.261 e. The minimum atomic E-state index is -0.519. The third-order valence-corrected chi connectivity index (χ3v) is 4.12. The standard InChI is InChI=1S/C17H25NO3/c1-11-7-5-8-15(12(11)2)21-14(4)17(19)18-13(3)16-9-6-10-20-16/h5,7-8,13-14,16H,6,9-10H2,1-4H3,(H,18,19)/t13-,14+,16+/m1/s1. The quantitative estimate of drug-likeness (QED) is 0.907. The summed E-state index contributed by atoms with van der Waals surface area (Å²) in [6.45, 7) is 8.59. The fourth-order valence-electron chi connectivity index (χ4n) is 2.53. The maximum atomic E-state index is 12.2. The molecule has 1 fully saturated rings. The van der Waals surface area contributed by atoms with Gasteiger partial charge in [0.2, 0.25) is 0 Å². The van der Waals surface area contributed by atoms with Gasteiger partial charge in [0.15, 0.2) is 6.10 Å². The number of rotatable bonds is 5. The van der Waals surface area contributed by atoms with Crippen molar-refractivity contribution in [3.05, 3.63) is 29.3 Å². The molecule has 0 bridgehead atoms. The number of hydrogen-bond donors (Lipinski definition) is 1. The van der Waals surface area contributed by atoms with E-state index in [-0.39, 0.29) is 18.1 Å². The Morgan fingerprint density at radius 2 is 2.14 bits per heavy atom.